The zero-order valence-corrected chi connectivity index (χ0v) is 20.2. The van der Waals surface area contributed by atoms with Gasteiger partial charge in [-0.05, 0) is 74.2 Å². The monoisotopic (exact) mass is 497 g/mol. The number of carboxylic acids is 1. The van der Waals surface area contributed by atoms with Crippen molar-refractivity contribution in [3.8, 4) is 5.75 Å². The van der Waals surface area contributed by atoms with E-state index in [0.29, 0.717) is 47.7 Å². The number of benzene rings is 2. The summed E-state index contributed by atoms with van der Waals surface area (Å²) in [7, 11) is 1.82. The van der Waals surface area contributed by atoms with Crippen molar-refractivity contribution >= 4 is 40.3 Å². The molecule has 3 N–H and O–H groups in total. The van der Waals surface area contributed by atoms with E-state index in [1.807, 2.05) is 19.2 Å². The molecule has 1 aliphatic carbocycles. The van der Waals surface area contributed by atoms with Gasteiger partial charge in [-0.2, -0.15) is 0 Å². The van der Waals surface area contributed by atoms with Crippen LogP contribution in [0.1, 0.15) is 46.5 Å². The Kier molecular flexibility index (Phi) is 7.60. The van der Waals surface area contributed by atoms with Gasteiger partial charge in [-0.3, -0.25) is 14.4 Å². The Balaban J connectivity index is 1.21. The Hall–Kier alpha value is -3.52. The number of halogens is 1. The van der Waals surface area contributed by atoms with Gasteiger partial charge in [-0.15, -0.1) is 0 Å². The number of carboxylic acid groups (broad SMARTS) is 1. The predicted octanol–water partition coefficient (Wildman–Crippen LogP) is 4.01. The summed E-state index contributed by atoms with van der Waals surface area (Å²) in [6.45, 7) is 0.568. The van der Waals surface area contributed by atoms with Crippen LogP contribution in [0, 0.1) is 5.92 Å². The van der Waals surface area contributed by atoms with E-state index in [-0.39, 0.29) is 36.9 Å². The molecule has 1 aliphatic rings. The van der Waals surface area contributed by atoms with E-state index >= 15 is 0 Å². The quantitative estimate of drug-likeness (QED) is 0.407. The molecular formula is C26H28ClN3O5. The number of aromatic nitrogens is 1. The first-order valence-corrected chi connectivity index (χ1v) is 12.0. The molecule has 0 bridgehead atoms. The number of nitrogens with zero attached hydrogens (tertiary/aromatic N) is 1. The molecule has 35 heavy (non-hydrogen) atoms. The molecule has 9 heteroatoms. The van der Waals surface area contributed by atoms with Gasteiger partial charge in [0.25, 0.3) is 11.8 Å². The highest BCUT2D eigenvalue weighted by atomic mass is 35.5. The first-order valence-electron chi connectivity index (χ1n) is 11.6. The second kappa shape index (κ2) is 10.8. The number of hydrogen-bond donors (Lipinski definition) is 3. The minimum atomic E-state index is -0.739. The van der Waals surface area contributed by atoms with Crippen LogP contribution in [-0.4, -0.2) is 46.7 Å². The molecule has 1 saturated carbocycles. The highest BCUT2D eigenvalue weighted by Gasteiger charge is 2.26. The van der Waals surface area contributed by atoms with Gasteiger partial charge in [-0.25, -0.2) is 0 Å². The fourth-order valence-corrected chi connectivity index (χ4v) is 4.57. The Morgan fingerprint density at radius 2 is 1.63 bits per heavy atom. The van der Waals surface area contributed by atoms with Crippen molar-refractivity contribution in [1.29, 1.82) is 0 Å². The maximum Gasteiger partial charge on any atom is 0.306 e. The molecule has 1 aromatic heterocycles. The number of carbonyl (C=O) groups is 3. The fraction of sp³-hybridized carbons (Fsp3) is 0.346. The lowest BCUT2D eigenvalue weighted by Gasteiger charge is -2.26. The van der Waals surface area contributed by atoms with Gasteiger partial charge >= 0.3 is 5.97 Å². The van der Waals surface area contributed by atoms with Crippen molar-refractivity contribution in [2.24, 2.45) is 13.0 Å². The molecule has 1 heterocycles. The van der Waals surface area contributed by atoms with Gasteiger partial charge in [0.05, 0.1) is 12.0 Å². The lowest BCUT2D eigenvalue weighted by atomic mass is 9.87. The normalized spacial score (nSPS) is 17.7. The summed E-state index contributed by atoms with van der Waals surface area (Å²) < 4.78 is 7.75. The molecular weight excluding hydrogens is 470 g/mol. The molecule has 0 atom stereocenters. The third-order valence-electron chi connectivity index (χ3n) is 6.38. The lowest BCUT2D eigenvalue weighted by molar-refractivity contribution is -0.143. The largest absolute Gasteiger partial charge is 0.490 e. The number of ether oxygens (including phenoxy) is 1. The molecule has 8 nitrogen and oxygen atoms in total. The molecule has 0 aliphatic heterocycles. The van der Waals surface area contributed by atoms with E-state index < -0.39 is 5.97 Å². The summed E-state index contributed by atoms with van der Waals surface area (Å²) in [5.41, 5.74) is 1.91. The summed E-state index contributed by atoms with van der Waals surface area (Å²) >= 11 is 6.03. The zero-order chi connectivity index (χ0) is 24.9. The summed E-state index contributed by atoms with van der Waals surface area (Å²) in [5.74, 6) is -0.835. The van der Waals surface area contributed by atoms with Gasteiger partial charge in [0.15, 0.2) is 0 Å². The van der Waals surface area contributed by atoms with Crippen LogP contribution in [0.2, 0.25) is 5.02 Å². The van der Waals surface area contributed by atoms with Crippen LogP contribution < -0.4 is 15.4 Å². The Labute approximate surface area is 208 Å². The Morgan fingerprint density at radius 1 is 0.971 bits per heavy atom. The molecule has 3 aromatic rings. The Bertz CT molecular complexity index is 1230. The maximum absolute atomic E-state index is 12.6. The van der Waals surface area contributed by atoms with Gasteiger partial charge in [0.2, 0.25) is 0 Å². The number of rotatable bonds is 8. The summed E-state index contributed by atoms with van der Waals surface area (Å²) in [5, 5.41) is 16.2. The topological polar surface area (TPSA) is 110 Å². The summed E-state index contributed by atoms with van der Waals surface area (Å²) in [6, 6.07) is 14.1. The number of fused-ring (bicyclic) bond motifs is 1. The number of aliphatic carboxylic acids is 1. The number of amides is 2. The smallest absolute Gasteiger partial charge is 0.306 e. The molecule has 0 radical (unpaired) electrons. The van der Waals surface area contributed by atoms with Crippen molar-refractivity contribution < 1.29 is 24.2 Å². The summed E-state index contributed by atoms with van der Waals surface area (Å²) in [4.78, 5) is 36.1. The molecule has 0 spiro atoms. The zero-order valence-electron chi connectivity index (χ0n) is 19.4. The minimum Gasteiger partial charge on any atom is -0.490 e. The van der Waals surface area contributed by atoms with E-state index in [0.717, 1.165) is 10.9 Å². The van der Waals surface area contributed by atoms with E-state index in [9.17, 15) is 14.4 Å². The summed E-state index contributed by atoms with van der Waals surface area (Å²) in [6.07, 6.45) is 2.64. The molecule has 2 aromatic carbocycles. The molecule has 0 saturated heterocycles. The number of carbonyl (C=O) groups excluding carboxylic acids is 2. The molecule has 2 amide bonds. The van der Waals surface area contributed by atoms with E-state index in [2.05, 4.69) is 10.6 Å². The van der Waals surface area contributed by atoms with Crippen LogP contribution in [0.15, 0.2) is 48.5 Å². The maximum atomic E-state index is 12.6. The SMILES string of the molecule is Cn1c(C(=O)NCCNC(=O)c2ccc(O[C@H]3CC[C@@H](C(=O)O)CC3)cc2)cc2cc(Cl)ccc21. The van der Waals surface area contributed by atoms with E-state index in [1.165, 1.54) is 0 Å². The fourth-order valence-electron chi connectivity index (χ4n) is 4.39. The predicted molar refractivity (Wildman–Crippen MR) is 133 cm³/mol. The highest BCUT2D eigenvalue weighted by molar-refractivity contribution is 6.31. The second-order valence-electron chi connectivity index (χ2n) is 8.76. The number of aryl methyl sites for hydroxylation is 1. The number of nitrogens with one attached hydrogen (secondary N) is 2. The molecule has 4 rings (SSSR count). The van der Waals surface area contributed by atoms with Crippen molar-refractivity contribution in [2.75, 3.05) is 13.1 Å². The first kappa shape index (κ1) is 24.6. The van der Waals surface area contributed by atoms with Gasteiger partial charge < -0.3 is 25.0 Å². The average molecular weight is 498 g/mol. The van der Waals surface area contributed by atoms with Crippen molar-refractivity contribution in [3.63, 3.8) is 0 Å². The first-order chi connectivity index (χ1) is 16.8. The van der Waals surface area contributed by atoms with Gasteiger partial charge in [-0.1, -0.05) is 11.6 Å². The van der Waals surface area contributed by atoms with Crippen LogP contribution in [-0.2, 0) is 11.8 Å². The van der Waals surface area contributed by atoms with Crippen molar-refractivity contribution in [2.45, 2.75) is 31.8 Å². The second-order valence-corrected chi connectivity index (χ2v) is 9.19. The average Bonchev–Trinajstić information content (AvgIpc) is 3.17. The van der Waals surface area contributed by atoms with E-state index in [1.54, 1.807) is 41.0 Å². The van der Waals surface area contributed by atoms with Gasteiger partial charge in [0, 0.05) is 41.6 Å². The molecule has 1 fully saturated rings. The van der Waals surface area contributed by atoms with Crippen LogP contribution >= 0.6 is 11.6 Å². The molecule has 184 valence electrons. The van der Waals surface area contributed by atoms with Crippen LogP contribution in [0.3, 0.4) is 0 Å². The van der Waals surface area contributed by atoms with Crippen molar-refractivity contribution in [1.82, 2.24) is 15.2 Å². The number of hydrogen-bond acceptors (Lipinski definition) is 4. The van der Waals surface area contributed by atoms with Gasteiger partial charge in [0.1, 0.15) is 11.4 Å². The van der Waals surface area contributed by atoms with Crippen LogP contribution in [0.4, 0.5) is 0 Å². The van der Waals surface area contributed by atoms with Crippen molar-refractivity contribution in [3.05, 3.63) is 64.8 Å². The third kappa shape index (κ3) is 5.95. The highest BCUT2D eigenvalue weighted by Crippen LogP contribution is 2.28. The standard InChI is InChI=1S/C26H28ClN3O5/c1-30-22-11-6-19(27)14-18(22)15-23(30)25(32)29-13-12-28-24(31)16-2-7-20(8-3-16)35-21-9-4-17(5-10-21)26(33)34/h2-3,6-8,11,14-15,17,21H,4-5,9-10,12-13H2,1H3,(H,28,31)(H,29,32)(H,33,34)/t17-,21+. The lowest BCUT2D eigenvalue weighted by Crippen LogP contribution is -2.35. The van der Waals surface area contributed by atoms with Crippen LogP contribution in [0.5, 0.6) is 5.75 Å². The molecule has 0 unspecified atom stereocenters. The van der Waals surface area contributed by atoms with Crippen LogP contribution in [0.25, 0.3) is 10.9 Å². The van der Waals surface area contributed by atoms with E-state index in [4.69, 9.17) is 21.4 Å². The minimum absolute atomic E-state index is 0.00677. The Morgan fingerprint density at radius 3 is 2.29 bits per heavy atom. The third-order valence-corrected chi connectivity index (χ3v) is 6.61.